The van der Waals surface area contributed by atoms with Crippen molar-refractivity contribution in [3.63, 3.8) is 0 Å². The number of piperazine rings is 1. The average molecular weight is 1050 g/mol. The number of nitrogens with zero attached hydrogens (tertiary/aromatic N) is 4. The number of hydrogen-bond donors (Lipinski definition) is 4. The van der Waals surface area contributed by atoms with Gasteiger partial charge in [-0.25, -0.2) is 9.59 Å². The number of anilines is 2. The van der Waals surface area contributed by atoms with Gasteiger partial charge in [0.1, 0.15) is 30.5 Å². The fraction of sp³-hybridized carbons (Fsp3) is 0.304. The predicted octanol–water partition coefficient (Wildman–Crippen LogP) is 7.17. The van der Waals surface area contributed by atoms with Crippen LogP contribution in [0.3, 0.4) is 0 Å². The van der Waals surface area contributed by atoms with Gasteiger partial charge in [0.25, 0.3) is 21.9 Å². The summed E-state index contributed by atoms with van der Waals surface area (Å²) in [6, 6.07) is 39.5. The third kappa shape index (κ3) is 14.2. The Hall–Kier alpha value is -8.04. The number of nitrogens with one attached hydrogen (secondary N) is 4. The van der Waals surface area contributed by atoms with Crippen molar-refractivity contribution >= 4 is 84.7 Å². The number of benzene rings is 6. The summed E-state index contributed by atoms with van der Waals surface area (Å²) in [4.78, 5) is 69.9. The summed E-state index contributed by atoms with van der Waals surface area (Å²) in [6.45, 7) is 7.64. The van der Waals surface area contributed by atoms with Gasteiger partial charge in [0, 0.05) is 72.9 Å². The molecule has 0 bridgehead atoms. The Morgan fingerprint density at radius 1 is 0.632 bits per heavy atom. The molecule has 2 unspecified atom stereocenters. The van der Waals surface area contributed by atoms with Crippen LogP contribution < -0.4 is 20.4 Å². The van der Waals surface area contributed by atoms with Gasteiger partial charge in [0.15, 0.2) is 0 Å². The van der Waals surface area contributed by atoms with Crippen molar-refractivity contribution in [1.29, 1.82) is 10.8 Å². The molecule has 3 aliphatic heterocycles. The van der Waals surface area contributed by atoms with E-state index in [0.717, 1.165) is 66.8 Å². The van der Waals surface area contributed by atoms with Gasteiger partial charge in [-0.05, 0) is 88.6 Å². The van der Waals surface area contributed by atoms with Crippen molar-refractivity contribution in [3.05, 3.63) is 156 Å². The second-order valence-corrected chi connectivity index (χ2v) is 20.1. The lowest BCUT2D eigenvalue weighted by atomic mass is 10.0. The van der Waals surface area contributed by atoms with Gasteiger partial charge in [-0.3, -0.25) is 44.1 Å². The van der Waals surface area contributed by atoms with Crippen LogP contribution in [0, 0.1) is 10.8 Å². The molecule has 3 fully saturated rings. The maximum Gasteiger partial charge on any atom is 0.414 e. The molecule has 3 heterocycles. The minimum absolute atomic E-state index is 0.0149. The van der Waals surface area contributed by atoms with Crippen LogP contribution in [0.1, 0.15) is 58.0 Å². The fourth-order valence-corrected chi connectivity index (χ4v) is 9.35. The Bertz CT molecular complexity index is 3210. The van der Waals surface area contributed by atoms with Crippen molar-refractivity contribution in [1.82, 2.24) is 20.4 Å². The standard InChI is InChI=1S/C33H39N5O5.C23H21N3O6S/c1-2-3-21-42-30(39)15-16-36-17-19-37(20-18-36)22-27-23-38(33(41)43-27)26-13-11-25(12-14-26)31(34)35-32(40)29-10-6-8-24-7-4-5-9-28(24)29;1-33(29,30)31-14-18-13-26(23(28)32-18)17-11-9-16(10-12-17)21(24)25-22(27)20-8-4-6-15-5-2-3-7-19(15)20/h4-14,27H,2-3,15-23H2,1H3,(H2,34,35,40);2-12,18H,13-14H2,1H3,(H2,24,25,27). The lowest BCUT2D eigenvalue weighted by molar-refractivity contribution is -0.144. The van der Waals surface area contributed by atoms with Crippen LogP contribution in [0.5, 0.6) is 0 Å². The van der Waals surface area contributed by atoms with Crippen LogP contribution >= 0.6 is 0 Å². The van der Waals surface area contributed by atoms with Crippen LogP contribution in [-0.4, -0.2) is 144 Å². The molecular formula is C56H60N8O11S. The molecule has 0 radical (unpaired) electrons. The number of unbranched alkanes of at least 4 members (excludes halogenated alkanes) is 1. The van der Waals surface area contributed by atoms with E-state index in [1.54, 1.807) is 71.6 Å². The number of carbonyl (C=O) groups excluding carboxylic acids is 5. The minimum atomic E-state index is -3.64. The van der Waals surface area contributed by atoms with Crippen molar-refractivity contribution < 1.29 is 50.8 Å². The minimum Gasteiger partial charge on any atom is -0.466 e. The van der Waals surface area contributed by atoms with E-state index in [2.05, 4.69) is 27.4 Å². The molecule has 3 aliphatic rings. The summed E-state index contributed by atoms with van der Waals surface area (Å²) in [5.74, 6) is -0.966. The second-order valence-electron chi connectivity index (χ2n) is 18.5. The van der Waals surface area contributed by atoms with E-state index < -0.39 is 34.3 Å². The lowest BCUT2D eigenvalue weighted by Crippen LogP contribution is -2.49. The Labute approximate surface area is 440 Å². The molecule has 0 spiro atoms. The molecule has 6 aromatic rings. The molecule has 20 heteroatoms. The first kappa shape index (κ1) is 54.2. The van der Waals surface area contributed by atoms with Crippen LogP contribution in [-0.2, 0) is 33.3 Å². The molecule has 6 aromatic carbocycles. The van der Waals surface area contributed by atoms with Gasteiger partial charge in [0.2, 0.25) is 0 Å². The molecule has 2 atom stereocenters. The van der Waals surface area contributed by atoms with E-state index in [1.165, 1.54) is 4.90 Å². The third-order valence-corrected chi connectivity index (χ3v) is 13.6. The number of rotatable bonds is 17. The highest BCUT2D eigenvalue weighted by atomic mass is 32.2. The summed E-state index contributed by atoms with van der Waals surface area (Å²) >= 11 is 0. The molecule has 19 nitrogen and oxygen atoms in total. The first-order valence-corrected chi connectivity index (χ1v) is 26.8. The predicted molar refractivity (Wildman–Crippen MR) is 289 cm³/mol. The largest absolute Gasteiger partial charge is 0.466 e. The fourth-order valence-electron chi connectivity index (χ4n) is 8.95. The van der Waals surface area contributed by atoms with Gasteiger partial charge in [-0.2, -0.15) is 8.42 Å². The highest BCUT2D eigenvalue weighted by molar-refractivity contribution is 7.86. The van der Waals surface area contributed by atoms with E-state index in [1.807, 2.05) is 66.7 Å². The molecule has 0 saturated carbocycles. The molecule has 4 N–H and O–H groups in total. The third-order valence-electron chi connectivity index (χ3n) is 13.0. The van der Waals surface area contributed by atoms with Crippen LogP contribution in [0.25, 0.3) is 21.5 Å². The van der Waals surface area contributed by atoms with Gasteiger partial charge in [0.05, 0.1) is 32.4 Å². The lowest BCUT2D eigenvalue weighted by Gasteiger charge is -2.35. The maximum absolute atomic E-state index is 12.9. The quantitative estimate of drug-likeness (QED) is 0.0177. The Balaban J connectivity index is 0.000000209. The molecule has 396 valence electrons. The second kappa shape index (κ2) is 25.0. The number of cyclic esters (lactones) is 2. The number of carbonyl (C=O) groups is 5. The SMILES string of the molecule is CCCCOC(=O)CCN1CCN(CC2CN(c3ccc(C(=N)NC(=O)c4cccc5ccccc45)cc3)C(=O)O2)CC1.CS(=O)(=O)OCC1CN(c2ccc(C(=N)NC(=O)c3cccc4ccccc34)cc2)C(=O)O1. The zero-order valence-corrected chi connectivity index (χ0v) is 43.1. The van der Waals surface area contributed by atoms with Crippen LogP contribution in [0.15, 0.2) is 133 Å². The van der Waals surface area contributed by atoms with Crippen molar-refractivity contribution in [2.75, 3.05) is 81.6 Å². The van der Waals surface area contributed by atoms with E-state index >= 15 is 0 Å². The Kier molecular flexibility index (Phi) is 17.8. The number of ether oxygens (including phenoxy) is 3. The topological polar surface area (TPSA) is 241 Å². The first-order chi connectivity index (χ1) is 36.6. The summed E-state index contributed by atoms with van der Waals surface area (Å²) < 4.78 is 43.0. The zero-order chi connectivity index (χ0) is 53.8. The van der Waals surface area contributed by atoms with Crippen molar-refractivity contribution in [2.24, 2.45) is 0 Å². The zero-order valence-electron chi connectivity index (χ0n) is 42.2. The van der Waals surface area contributed by atoms with Gasteiger partial charge < -0.3 is 29.7 Å². The van der Waals surface area contributed by atoms with Gasteiger partial charge >= 0.3 is 18.2 Å². The Morgan fingerprint density at radius 3 is 1.59 bits per heavy atom. The van der Waals surface area contributed by atoms with Crippen LogP contribution in [0.2, 0.25) is 0 Å². The smallest absolute Gasteiger partial charge is 0.414 e. The van der Waals surface area contributed by atoms with Gasteiger partial charge in [-0.1, -0.05) is 86.1 Å². The summed E-state index contributed by atoms with van der Waals surface area (Å²) in [6.07, 6.45) is 1.27. The van der Waals surface area contributed by atoms with Gasteiger partial charge in [-0.15, -0.1) is 0 Å². The van der Waals surface area contributed by atoms with E-state index in [0.29, 0.717) is 66.3 Å². The molecule has 0 aromatic heterocycles. The summed E-state index contributed by atoms with van der Waals surface area (Å²) in [5.41, 5.74) is 3.16. The number of amidine groups is 2. The molecule has 4 amide bonds. The summed E-state index contributed by atoms with van der Waals surface area (Å²) in [7, 11) is -3.64. The van der Waals surface area contributed by atoms with Crippen molar-refractivity contribution in [3.8, 4) is 0 Å². The van der Waals surface area contributed by atoms with Crippen molar-refractivity contribution in [2.45, 2.75) is 38.4 Å². The maximum atomic E-state index is 12.9. The van der Waals surface area contributed by atoms with E-state index in [-0.39, 0.29) is 42.8 Å². The molecule has 0 aliphatic carbocycles. The van der Waals surface area contributed by atoms with E-state index in [9.17, 15) is 32.4 Å². The Morgan fingerprint density at radius 2 is 1.09 bits per heavy atom. The summed E-state index contributed by atoms with van der Waals surface area (Å²) in [5, 5.41) is 25.5. The molecule has 3 saturated heterocycles. The average Bonchev–Trinajstić information content (AvgIpc) is 3.99. The number of hydrogen-bond acceptors (Lipinski definition) is 15. The first-order valence-electron chi connectivity index (χ1n) is 25.0. The molecule has 76 heavy (non-hydrogen) atoms. The van der Waals surface area contributed by atoms with E-state index in [4.69, 9.17) is 29.2 Å². The molecular weight excluding hydrogens is 993 g/mol. The molecule has 9 rings (SSSR count). The normalized spacial score (nSPS) is 16.9. The number of fused-ring (bicyclic) bond motifs is 2. The number of esters is 1. The highest BCUT2D eigenvalue weighted by Gasteiger charge is 2.35. The monoisotopic (exact) mass is 1050 g/mol. The number of amides is 4. The van der Waals surface area contributed by atoms with Crippen LogP contribution in [0.4, 0.5) is 21.0 Å². The highest BCUT2D eigenvalue weighted by Crippen LogP contribution is 2.26.